The molecule has 30 heavy (non-hydrogen) atoms. The van der Waals surface area contributed by atoms with Crippen LogP contribution in [0.2, 0.25) is 0 Å². The number of likely N-dealkylation sites (tertiary alicyclic amines) is 1. The first-order chi connectivity index (χ1) is 14.6. The van der Waals surface area contributed by atoms with Crippen LogP contribution in [0.3, 0.4) is 0 Å². The van der Waals surface area contributed by atoms with E-state index in [1.165, 1.54) is 31.2 Å². The highest BCUT2D eigenvalue weighted by Crippen LogP contribution is 2.38. The van der Waals surface area contributed by atoms with Crippen LogP contribution in [0.25, 0.3) is 0 Å². The van der Waals surface area contributed by atoms with Crippen molar-refractivity contribution < 1.29 is 14.3 Å². The number of benzene rings is 1. The van der Waals surface area contributed by atoms with E-state index in [1.54, 1.807) is 0 Å². The molecule has 2 heterocycles. The fourth-order valence-corrected chi connectivity index (χ4v) is 4.62. The summed E-state index contributed by atoms with van der Waals surface area (Å²) in [5.41, 5.74) is 1.29. The molecule has 0 bridgehead atoms. The summed E-state index contributed by atoms with van der Waals surface area (Å²) in [6, 6.07) is 6.71. The van der Waals surface area contributed by atoms with E-state index in [0.29, 0.717) is 31.2 Å². The smallest absolute Gasteiger partial charge is 0.236 e. The van der Waals surface area contributed by atoms with Gasteiger partial charge in [0.05, 0.1) is 6.54 Å². The second-order valence-corrected chi connectivity index (χ2v) is 8.97. The Hall–Kier alpha value is -1.75. The summed E-state index contributed by atoms with van der Waals surface area (Å²) in [6.07, 6.45) is 9.51. The molecule has 1 fully saturated rings. The number of hydrogen-bond donors (Lipinski definition) is 0. The molecule has 2 atom stereocenters. The summed E-state index contributed by atoms with van der Waals surface area (Å²) in [6.45, 7) is 10.3. The van der Waals surface area contributed by atoms with Crippen LogP contribution in [0.4, 0.5) is 0 Å². The molecule has 5 heteroatoms. The fourth-order valence-electron chi connectivity index (χ4n) is 4.62. The summed E-state index contributed by atoms with van der Waals surface area (Å²) in [5.74, 6) is 2.43. The Labute approximate surface area is 182 Å². The predicted octanol–water partition coefficient (Wildman–Crippen LogP) is 5.19. The van der Waals surface area contributed by atoms with E-state index in [2.05, 4.69) is 42.7 Å². The topological polar surface area (TPSA) is 42.0 Å². The van der Waals surface area contributed by atoms with Crippen molar-refractivity contribution in [3.05, 3.63) is 23.8 Å². The first-order valence-corrected chi connectivity index (χ1v) is 12.0. The number of ether oxygens (including phenoxy) is 2. The molecular weight excluding hydrogens is 376 g/mol. The van der Waals surface area contributed by atoms with Gasteiger partial charge in [-0.2, -0.15) is 0 Å². The third-order valence-electron chi connectivity index (χ3n) is 6.58. The summed E-state index contributed by atoms with van der Waals surface area (Å²) < 4.78 is 11.0. The summed E-state index contributed by atoms with van der Waals surface area (Å²) >= 11 is 0. The van der Waals surface area contributed by atoms with Gasteiger partial charge in [-0.15, -0.1) is 0 Å². The number of rotatable bonds is 12. The van der Waals surface area contributed by atoms with Gasteiger partial charge in [-0.25, -0.2) is 0 Å². The van der Waals surface area contributed by atoms with Gasteiger partial charge >= 0.3 is 0 Å². The Morgan fingerprint density at radius 1 is 1.03 bits per heavy atom. The minimum absolute atomic E-state index is 0.303. The lowest BCUT2D eigenvalue weighted by Gasteiger charge is -2.27. The van der Waals surface area contributed by atoms with Crippen LogP contribution in [0.5, 0.6) is 11.5 Å². The van der Waals surface area contributed by atoms with E-state index >= 15 is 0 Å². The zero-order chi connectivity index (χ0) is 21.3. The van der Waals surface area contributed by atoms with Gasteiger partial charge < -0.3 is 14.4 Å². The van der Waals surface area contributed by atoms with Gasteiger partial charge in [-0.3, -0.25) is 9.69 Å². The number of unbranched alkanes of at least 4 members (excludes halogenated alkanes) is 5. The van der Waals surface area contributed by atoms with Crippen molar-refractivity contribution in [2.45, 2.75) is 84.1 Å². The Balaban J connectivity index is 1.53. The molecule has 168 valence electrons. The van der Waals surface area contributed by atoms with Crippen LogP contribution in [0.1, 0.15) is 83.6 Å². The van der Waals surface area contributed by atoms with E-state index in [0.717, 1.165) is 56.8 Å². The molecule has 1 aromatic rings. The molecule has 0 aromatic heterocycles. The van der Waals surface area contributed by atoms with Crippen molar-refractivity contribution in [2.75, 3.05) is 33.0 Å². The van der Waals surface area contributed by atoms with Crippen LogP contribution in [-0.4, -0.2) is 54.7 Å². The maximum absolute atomic E-state index is 13.1. The molecule has 5 nitrogen and oxygen atoms in total. The van der Waals surface area contributed by atoms with Gasteiger partial charge in [-0.05, 0) is 49.8 Å². The average molecular weight is 417 g/mol. The molecule has 1 amide bonds. The molecule has 0 radical (unpaired) electrons. The number of hydrogen-bond acceptors (Lipinski definition) is 4. The maximum Gasteiger partial charge on any atom is 0.236 e. The minimum atomic E-state index is 0.303. The Bertz CT molecular complexity index is 678. The number of nitrogens with zero attached hydrogens (tertiary/aromatic N) is 2. The zero-order valence-electron chi connectivity index (χ0n) is 19.2. The first-order valence-electron chi connectivity index (χ1n) is 12.0. The number of carbonyl (C=O) groups excluding carboxylic acids is 1. The van der Waals surface area contributed by atoms with Crippen molar-refractivity contribution in [3.8, 4) is 11.5 Å². The normalized spacial score (nSPS) is 20.6. The molecule has 1 saturated heterocycles. The van der Waals surface area contributed by atoms with E-state index in [9.17, 15) is 4.79 Å². The lowest BCUT2D eigenvalue weighted by molar-refractivity contribution is -0.132. The zero-order valence-corrected chi connectivity index (χ0v) is 19.2. The van der Waals surface area contributed by atoms with Crippen LogP contribution in [0, 0.1) is 0 Å². The molecule has 1 unspecified atom stereocenters. The third kappa shape index (κ3) is 6.13. The third-order valence-corrected chi connectivity index (χ3v) is 6.58. The van der Waals surface area contributed by atoms with Crippen LogP contribution < -0.4 is 9.47 Å². The lowest BCUT2D eigenvalue weighted by atomic mass is 9.96. The number of amides is 1. The highest BCUT2D eigenvalue weighted by atomic mass is 16.7. The van der Waals surface area contributed by atoms with Gasteiger partial charge in [0.2, 0.25) is 12.7 Å². The second-order valence-electron chi connectivity index (χ2n) is 8.97. The van der Waals surface area contributed by atoms with Crippen molar-refractivity contribution >= 4 is 5.91 Å². The maximum atomic E-state index is 13.1. The highest BCUT2D eigenvalue weighted by Gasteiger charge is 2.32. The number of fused-ring (bicyclic) bond motifs is 1. The van der Waals surface area contributed by atoms with Crippen molar-refractivity contribution in [1.82, 2.24) is 9.80 Å². The standard InChI is InChI=1S/C25H40N2O3/c1-4-6-8-9-10-14-26(13-7-5-2)25(28)18-27-17-22(15-20(27)3)21-11-12-23-24(16-21)30-19-29-23/h11-12,16,20,22H,4-10,13-15,17-19H2,1-3H3/t20?,22-/m1/s1. The molecule has 0 spiro atoms. The molecule has 0 aliphatic carbocycles. The van der Waals surface area contributed by atoms with E-state index in [-0.39, 0.29) is 0 Å². The Kier molecular flexibility index (Phi) is 8.86. The second kappa shape index (κ2) is 11.6. The van der Waals surface area contributed by atoms with E-state index < -0.39 is 0 Å². The van der Waals surface area contributed by atoms with Crippen molar-refractivity contribution in [1.29, 1.82) is 0 Å². The predicted molar refractivity (Wildman–Crippen MR) is 121 cm³/mol. The lowest BCUT2D eigenvalue weighted by Crippen LogP contribution is -2.42. The summed E-state index contributed by atoms with van der Waals surface area (Å²) in [4.78, 5) is 17.6. The van der Waals surface area contributed by atoms with Gasteiger partial charge in [-0.1, -0.05) is 52.0 Å². The largest absolute Gasteiger partial charge is 0.454 e. The molecule has 2 aliphatic heterocycles. The summed E-state index contributed by atoms with van der Waals surface area (Å²) in [5, 5.41) is 0. The minimum Gasteiger partial charge on any atom is -0.454 e. The SMILES string of the molecule is CCCCCCCN(CCCC)C(=O)CN1C[C@H](c2ccc3c(c2)OCO3)CC1C. The van der Waals surface area contributed by atoms with Crippen molar-refractivity contribution in [3.63, 3.8) is 0 Å². The van der Waals surface area contributed by atoms with Crippen LogP contribution in [0.15, 0.2) is 18.2 Å². The molecule has 1 aromatic carbocycles. The highest BCUT2D eigenvalue weighted by molar-refractivity contribution is 5.78. The summed E-state index contributed by atoms with van der Waals surface area (Å²) in [7, 11) is 0. The van der Waals surface area contributed by atoms with E-state index in [4.69, 9.17) is 9.47 Å². The average Bonchev–Trinajstić information content (AvgIpc) is 3.36. The van der Waals surface area contributed by atoms with Gasteiger partial charge in [0.1, 0.15) is 0 Å². The van der Waals surface area contributed by atoms with Gasteiger partial charge in [0.15, 0.2) is 11.5 Å². The molecular formula is C25H40N2O3. The van der Waals surface area contributed by atoms with Crippen molar-refractivity contribution in [2.24, 2.45) is 0 Å². The fraction of sp³-hybridized carbons (Fsp3) is 0.720. The Morgan fingerprint density at radius 3 is 2.57 bits per heavy atom. The van der Waals surface area contributed by atoms with Crippen LogP contribution >= 0.6 is 0 Å². The first kappa shape index (κ1) is 22.9. The van der Waals surface area contributed by atoms with Gasteiger partial charge in [0.25, 0.3) is 0 Å². The number of carbonyl (C=O) groups is 1. The quantitative estimate of drug-likeness (QED) is 0.440. The Morgan fingerprint density at radius 2 is 1.77 bits per heavy atom. The molecule has 2 aliphatic rings. The van der Waals surface area contributed by atoms with Gasteiger partial charge in [0, 0.05) is 25.7 Å². The molecule has 0 N–H and O–H groups in total. The van der Waals surface area contributed by atoms with Crippen LogP contribution in [-0.2, 0) is 4.79 Å². The monoisotopic (exact) mass is 416 g/mol. The molecule has 0 saturated carbocycles. The molecule has 3 rings (SSSR count). The van der Waals surface area contributed by atoms with E-state index in [1.807, 2.05) is 6.07 Å².